The second kappa shape index (κ2) is 9.60. The van der Waals surface area contributed by atoms with E-state index < -0.39 is 52.0 Å². The van der Waals surface area contributed by atoms with E-state index in [0.29, 0.717) is 23.5 Å². The van der Waals surface area contributed by atoms with Gasteiger partial charge in [-0.2, -0.15) is 0 Å². The van der Waals surface area contributed by atoms with Crippen LogP contribution in [0.5, 0.6) is 5.75 Å². The number of aliphatic hydroxyl groups is 3. The maximum atomic E-state index is 13.9. The smallest absolute Gasteiger partial charge is 0.255 e. The molecule has 1 unspecified atom stereocenters. The van der Waals surface area contributed by atoms with Crippen LogP contribution in [-0.2, 0) is 27.3 Å². The second-order valence-corrected chi connectivity index (χ2v) is 12.1. The third-order valence-electron chi connectivity index (χ3n) is 9.47. The summed E-state index contributed by atoms with van der Waals surface area (Å²) < 4.78 is 0. The molecular formula is C31H35N3O7. The van der Waals surface area contributed by atoms with Crippen LogP contribution in [0.15, 0.2) is 35.1 Å². The van der Waals surface area contributed by atoms with Crippen molar-refractivity contribution in [2.75, 3.05) is 19.0 Å². The lowest BCUT2D eigenvalue weighted by Gasteiger charge is -2.46. The van der Waals surface area contributed by atoms with Crippen LogP contribution < -0.4 is 16.0 Å². The monoisotopic (exact) mass is 561 g/mol. The van der Waals surface area contributed by atoms with E-state index in [1.165, 1.54) is 12.8 Å². The Hall–Kier alpha value is -3.89. The molecule has 0 aromatic heterocycles. The lowest BCUT2D eigenvalue weighted by Crippen LogP contribution is -2.58. The molecule has 7 N–H and O–H groups in total. The third-order valence-corrected chi connectivity index (χ3v) is 9.47. The zero-order valence-corrected chi connectivity index (χ0v) is 23.2. The standard InChI is InChI=1S/C31H35N3O7/c1-34(2)25-18-8-7-14(13-33-17-5-3-4-6-17)9-19(18)26(36)23-20(25)11-15-10-16-12-21(35)24(30(32)40)29(39)31(16,41)28(38)22(15)27(23)37/h7-9,15-17,33,36-37,39,41H,3-6,10-13H2,1-2H3,(H2,32,40)/t15?,16-,31-/m0/s1. The number of Topliss-reactive ketones (excluding diaryl/α,β-unsaturated/α-hetero) is 2. The van der Waals surface area contributed by atoms with Crippen molar-refractivity contribution in [2.24, 2.45) is 17.6 Å². The number of rotatable bonds is 5. The highest BCUT2D eigenvalue weighted by Gasteiger charge is 2.60. The predicted molar refractivity (Wildman–Crippen MR) is 152 cm³/mol. The molecule has 3 atom stereocenters. The first-order valence-corrected chi connectivity index (χ1v) is 14.1. The Bertz CT molecular complexity index is 1580. The van der Waals surface area contributed by atoms with E-state index in [-0.39, 0.29) is 36.1 Å². The summed E-state index contributed by atoms with van der Waals surface area (Å²) in [6.45, 7) is 0.628. The van der Waals surface area contributed by atoms with Gasteiger partial charge in [0.1, 0.15) is 22.8 Å². The number of primary amides is 1. The first-order chi connectivity index (χ1) is 19.4. The van der Waals surface area contributed by atoms with E-state index in [0.717, 1.165) is 29.5 Å². The molecule has 2 aromatic rings. The number of carbonyl (C=O) groups is 3. The van der Waals surface area contributed by atoms with Gasteiger partial charge in [0.2, 0.25) is 5.78 Å². The van der Waals surface area contributed by atoms with E-state index in [1.54, 1.807) is 0 Å². The Morgan fingerprint density at radius 3 is 2.46 bits per heavy atom. The van der Waals surface area contributed by atoms with Gasteiger partial charge in [0.25, 0.3) is 5.91 Å². The number of nitrogens with two attached hydrogens (primary N) is 1. The van der Waals surface area contributed by atoms with Crippen LogP contribution in [0.2, 0.25) is 0 Å². The Morgan fingerprint density at radius 1 is 1.10 bits per heavy atom. The van der Waals surface area contributed by atoms with Gasteiger partial charge < -0.3 is 36.4 Å². The maximum Gasteiger partial charge on any atom is 0.255 e. The first kappa shape index (κ1) is 27.3. The molecule has 0 saturated heterocycles. The lowest BCUT2D eigenvalue weighted by molar-refractivity contribution is -0.147. The Kier molecular flexibility index (Phi) is 6.39. The fraction of sp³-hybridized carbons (Fsp3) is 0.452. The minimum atomic E-state index is -2.58. The number of fused-ring (bicyclic) bond motifs is 4. The summed E-state index contributed by atoms with van der Waals surface area (Å²) >= 11 is 0. The highest BCUT2D eigenvalue weighted by atomic mass is 16.3. The van der Waals surface area contributed by atoms with Crippen molar-refractivity contribution >= 4 is 39.7 Å². The maximum absolute atomic E-state index is 13.9. The number of nitrogens with one attached hydrogen (secondary N) is 1. The van der Waals surface area contributed by atoms with Gasteiger partial charge in [0.05, 0.1) is 5.56 Å². The second-order valence-electron chi connectivity index (χ2n) is 12.1. The van der Waals surface area contributed by atoms with Gasteiger partial charge in [-0.05, 0) is 48.8 Å². The molecule has 4 aliphatic carbocycles. The number of benzene rings is 2. The molecule has 0 spiro atoms. The predicted octanol–water partition coefficient (Wildman–Crippen LogP) is 2.68. The van der Waals surface area contributed by atoms with E-state index in [9.17, 15) is 34.8 Å². The summed E-state index contributed by atoms with van der Waals surface area (Å²) in [7, 11) is 3.74. The van der Waals surface area contributed by atoms with E-state index in [2.05, 4.69) is 5.32 Å². The SMILES string of the molecule is CN(C)c1c2c(c(O)c3cc(CNC4CCCC4)ccc13)C(O)=C1C(=O)[C@]3(O)C(O)=C(C(N)=O)C(=O)C[C@@H]3CC1C2. The molecule has 2 aromatic carbocycles. The zero-order valence-electron chi connectivity index (χ0n) is 23.2. The number of nitrogens with zero attached hydrogens (tertiary/aromatic N) is 1. The van der Waals surface area contributed by atoms with Crippen LogP contribution >= 0.6 is 0 Å². The molecule has 4 aliphatic rings. The Balaban J connectivity index is 1.50. The molecular weight excluding hydrogens is 526 g/mol. The van der Waals surface area contributed by atoms with Crippen molar-refractivity contribution in [3.8, 4) is 5.75 Å². The number of ketones is 2. The number of amides is 1. The van der Waals surface area contributed by atoms with Crippen LogP contribution in [0.1, 0.15) is 55.2 Å². The average Bonchev–Trinajstić information content (AvgIpc) is 3.43. The minimum absolute atomic E-state index is 0.0976. The number of carbonyl (C=O) groups excluding carboxylic acids is 3. The quantitative estimate of drug-likeness (QED) is 0.300. The van der Waals surface area contributed by atoms with Gasteiger partial charge in [-0.15, -0.1) is 0 Å². The topological polar surface area (TPSA) is 173 Å². The highest BCUT2D eigenvalue weighted by Crippen LogP contribution is 2.54. The number of aromatic hydroxyl groups is 1. The summed E-state index contributed by atoms with van der Waals surface area (Å²) in [5, 5.41) is 50.4. The number of phenolic OH excluding ortho intramolecular Hbond substituents is 1. The van der Waals surface area contributed by atoms with Crippen molar-refractivity contribution in [3.63, 3.8) is 0 Å². The lowest BCUT2D eigenvalue weighted by atomic mass is 9.59. The fourth-order valence-electron chi connectivity index (χ4n) is 7.53. The van der Waals surface area contributed by atoms with Gasteiger partial charge in [-0.25, -0.2) is 0 Å². The molecule has 41 heavy (non-hydrogen) atoms. The summed E-state index contributed by atoms with van der Waals surface area (Å²) in [5.74, 6) is -6.27. The first-order valence-electron chi connectivity index (χ1n) is 14.1. The van der Waals surface area contributed by atoms with Crippen molar-refractivity contribution in [1.29, 1.82) is 0 Å². The molecule has 10 nitrogen and oxygen atoms in total. The van der Waals surface area contributed by atoms with Crippen LogP contribution in [-0.4, -0.2) is 63.6 Å². The molecule has 6 rings (SSSR count). The number of hydrogen-bond acceptors (Lipinski definition) is 9. The van der Waals surface area contributed by atoms with Crippen molar-refractivity contribution in [2.45, 2.75) is 63.1 Å². The molecule has 0 radical (unpaired) electrons. The van der Waals surface area contributed by atoms with Gasteiger partial charge in [0.15, 0.2) is 11.4 Å². The minimum Gasteiger partial charge on any atom is -0.508 e. The van der Waals surface area contributed by atoms with Gasteiger partial charge in [-0.3, -0.25) is 14.4 Å². The molecule has 2 fully saturated rings. The van der Waals surface area contributed by atoms with Crippen LogP contribution in [0.25, 0.3) is 16.5 Å². The van der Waals surface area contributed by atoms with Crippen LogP contribution in [0.3, 0.4) is 0 Å². The van der Waals surface area contributed by atoms with E-state index in [1.807, 2.05) is 37.2 Å². The molecule has 0 bridgehead atoms. The largest absolute Gasteiger partial charge is 0.508 e. The Labute approximate surface area is 237 Å². The summed E-state index contributed by atoms with van der Waals surface area (Å²) in [5.41, 5.74) is 4.29. The van der Waals surface area contributed by atoms with Crippen molar-refractivity contribution in [1.82, 2.24) is 5.32 Å². The summed E-state index contributed by atoms with van der Waals surface area (Å²) in [6, 6.07) is 6.34. The van der Waals surface area contributed by atoms with Crippen LogP contribution in [0, 0.1) is 11.8 Å². The number of aliphatic hydroxyl groups excluding tert-OH is 2. The van der Waals surface area contributed by atoms with Crippen LogP contribution in [0.4, 0.5) is 5.69 Å². The summed E-state index contributed by atoms with van der Waals surface area (Å²) in [4.78, 5) is 40.3. The van der Waals surface area contributed by atoms with Gasteiger partial charge in [-0.1, -0.05) is 25.0 Å². The van der Waals surface area contributed by atoms with Gasteiger partial charge >= 0.3 is 0 Å². The number of anilines is 1. The summed E-state index contributed by atoms with van der Waals surface area (Å²) in [6.07, 6.45) is 4.72. The normalized spacial score (nSPS) is 26.3. The molecule has 0 heterocycles. The molecule has 0 aliphatic heterocycles. The highest BCUT2D eigenvalue weighted by molar-refractivity contribution is 6.23. The molecule has 2 saturated carbocycles. The van der Waals surface area contributed by atoms with Crippen molar-refractivity contribution in [3.05, 3.63) is 51.8 Å². The van der Waals surface area contributed by atoms with E-state index in [4.69, 9.17) is 5.73 Å². The zero-order chi connectivity index (χ0) is 29.4. The average molecular weight is 562 g/mol. The molecule has 10 heteroatoms. The fourth-order valence-corrected chi connectivity index (χ4v) is 7.53. The van der Waals surface area contributed by atoms with Gasteiger partial charge in [0, 0.05) is 61.1 Å². The third kappa shape index (κ3) is 3.95. The van der Waals surface area contributed by atoms with E-state index >= 15 is 0 Å². The Morgan fingerprint density at radius 2 is 1.80 bits per heavy atom. The molecule has 216 valence electrons. The van der Waals surface area contributed by atoms with Crippen molar-refractivity contribution < 1.29 is 34.8 Å². The molecule has 1 amide bonds. The number of phenols is 1. The number of hydrogen-bond donors (Lipinski definition) is 6.